The molecular formula is C17H23N2O2+. The van der Waals surface area contributed by atoms with Crippen LogP contribution < -0.4 is 15.8 Å². The number of fused-ring (bicyclic) bond motifs is 1. The van der Waals surface area contributed by atoms with Crippen molar-refractivity contribution in [3.05, 3.63) is 36.4 Å². The van der Waals surface area contributed by atoms with Crippen molar-refractivity contribution in [2.45, 2.75) is 26.3 Å². The number of nitrogens with one attached hydrogen (secondary N) is 1. The molecule has 112 valence electrons. The topological polar surface area (TPSA) is 66.0 Å². The molecular weight excluding hydrogens is 264 g/mol. The molecule has 1 atom stereocenters. The normalized spacial score (nSPS) is 12.4. The summed E-state index contributed by atoms with van der Waals surface area (Å²) >= 11 is 0. The van der Waals surface area contributed by atoms with Crippen LogP contribution in [-0.2, 0) is 4.79 Å². The van der Waals surface area contributed by atoms with Crippen molar-refractivity contribution in [2.75, 3.05) is 12.4 Å². The van der Waals surface area contributed by atoms with E-state index in [1.54, 1.807) is 7.11 Å². The average Bonchev–Trinajstić information content (AvgIpc) is 2.45. The minimum absolute atomic E-state index is 0.0546. The van der Waals surface area contributed by atoms with Crippen LogP contribution in [0.25, 0.3) is 10.8 Å². The van der Waals surface area contributed by atoms with Crippen LogP contribution in [0.1, 0.15) is 20.3 Å². The number of hydrogen-bond acceptors (Lipinski definition) is 2. The number of carbonyl (C=O) groups excluding carboxylic acids is 1. The van der Waals surface area contributed by atoms with Gasteiger partial charge in [0, 0.05) is 23.6 Å². The number of amides is 1. The summed E-state index contributed by atoms with van der Waals surface area (Å²) in [5.41, 5.74) is 4.68. The van der Waals surface area contributed by atoms with Gasteiger partial charge in [0.2, 0.25) is 0 Å². The third-order valence-corrected chi connectivity index (χ3v) is 3.44. The fraction of sp³-hybridized carbons (Fsp3) is 0.353. The summed E-state index contributed by atoms with van der Waals surface area (Å²) in [5.74, 6) is 1.15. The Balaban J connectivity index is 2.24. The minimum Gasteiger partial charge on any atom is -0.496 e. The van der Waals surface area contributed by atoms with Gasteiger partial charge in [0.25, 0.3) is 5.91 Å². The Bertz CT molecular complexity index is 638. The van der Waals surface area contributed by atoms with Gasteiger partial charge in [-0.05, 0) is 17.4 Å². The first-order valence-corrected chi connectivity index (χ1v) is 7.22. The zero-order valence-corrected chi connectivity index (χ0v) is 12.8. The molecule has 0 radical (unpaired) electrons. The molecule has 21 heavy (non-hydrogen) atoms. The molecule has 0 spiro atoms. The third-order valence-electron chi connectivity index (χ3n) is 3.44. The second-order valence-electron chi connectivity index (χ2n) is 5.72. The zero-order chi connectivity index (χ0) is 15.4. The van der Waals surface area contributed by atoms with Gasteiger partial charge >= 0.3 is 0 Å². The maximum atomic E-state index is 12.2. The number of quaternary nitrogens is 1. The Kier molecular flexibility index (Phi) is 4.81. The van der Waals surface area contributed by atoms with Crippen LogP contribution in [-0.4, -0.2) is 19.1 Å². The Labute approximate surface area is 125 Å². The monoisotopic (exact) mass is 287 g/mol. The highest BCUT2D eigenvalue weighted by Crippen LogP contribution is 2.29. The fourth-order valence-electron chi connectivity index (χ4n) is 2.44. The predicted octanol–water partition coefficient (Wildman–Crippen LogP) is 2.44. The van der Waals surface area contributed by atoms with Gasteiger partial charge in [-0.1, -0.05) is 38.1 Å². The first kappa shape index (κ1) is 15.3. The molecule has 2 rings (SSSR count). The Hall–Kier alpha value is -2.07. The quantitative estimate of drug-likeness (QED) is 0.887. The fourth-order valence-corrected chi connectivity index (χ4v) is 2.44. The van der Waals surface area contributed by atoms with Crippen molar-refractivity contribution >= 4 is 22.4 Å². The summed E-state index contributed by atoms with van der Waals surface area (Å²) in [6.07, 6.45) is 0.774. The average molecular weight is 287 g/mol. The van der Waals surface area contributed by atoms with E-state index in [4.69, 9.17) is 4.74 Å². The summed E-state index contributed by atoms with van der Waals surface area (Å²) in [6.45, 7) is 4.18. The van der Waals surface area contributed by atoms with E-state index in [2.05, 4.69) is 24.9 Å². The predicted molar refractivity (Wildman–Crippen MR) is 85.3 cm³/mol. The summed E-state index contributed by atoms with van der Waals surface area (Å²) in [7, 11) is 1.64. The van der Waals surface area contributed by atoms with Gasteiger partial charge in [0.1, 0.15) is 5.75 Å². The number of rotatable bonds is 5. The molecule has 1 amide bonds. The molecule has 2 aromatic carbocycles. The van der Waals surface area contributed by atoms with Gasteiger partial charge in [-0.2, -0.15) is 0 Å². The minimum atomic E-state index is -0.248. The van der Waals surface area contributed by atoms with E-state index in [1.165, 1.54) is 0 Å². The van der Waals surface area contributed by atoms with Gasteiger partial charge in [0.05, 0.1) is 7.11 Å². The molecule has 0 aliphatic heterocycles. The van der Waals surface area contributed by atoms with Crippen LogP contribution in [0, 0.1) is 5.92 Å². The number of anilines is 1. The molecule has 0 aliphatic rings. The molecule has 4 heteroatoms. The lowest BCUT2D eigenvalue weighted by molar-refractivity contribution is -0.405. The van der Waals surface area contributed by atoms with Crippen molar-refractivity contribution in [3.63, 3.8) is 0 Å². The third kappa shape index (κ3) is 3.73. The number of carbonyl (C=O) groups is 1. The first-order valence-electron chi connectivity index (χ1n) is 7.22. The standard InChI is InChI=1S/C17H22N2O2/c1-11(2)8-15(18)17(20)19-13-9-12-6-4-5-7-14(12)16(10-13)21-3/h4-7,9-11,15H,8,18H2,1-3H3,(H,19,20)/p+1/t15-/m0/s1. The highest BCUT2D eigenvalue weighted by molar-refractivity contribution is 5.98. The second kappa shape index (κ2) is 6.59. The Morgan fingerprint density at radius 2 is 2.00 bits per heavy atom. The van der Waals surface area contributed by atoms with E-state index < -0.39 is 0 Å². The number of ether oxygens (including phenoxy) is 1. The van der Waals surface area contributed by atoms with Crippen molar-refractivity contribution in [1.82, 2.24) is 0 Å². The molecule has 0 saturated heterocycles. The van der Waals surface area contributed by atoms with E-state index in [0.29, 0.717) is 5.92 Å². The van der Waals surface area contributed by atoms with Gasteiger partial charge < -0.3 is 15.8 Å². The summed E-state index contributed by atoms with van der Waals surface area (Å²) in [4.78, 5) is 12.2. The Morgan fingerprint density at radius 3 is 2.67 bits per heavy atom. The van der Waals surface area contributed by atoms with Crippen molar-refractivity contribution in [3.8, 4) is 5.75 Å². The zero-order valence-electron chi connectivity index (χ0n) is 12.8. The Morgan fingerprint density at radius 1 is 1.29 bits per heavy atom. The smallest absolute Gasteiger partial charge is 0.282 e. The number of hydrogen-bond donors (Lipinski definition) is 2. The van der Waals surface area contributed by atoms with Crippen LogP contribution in [0.2, 0.25) is 0 Å². The molecule has 0 aliphatic carbocycles. The van der Waals surface area contributed by atoms with Gasteiger partial charge in [-0.15, -0.1) is 0 Å². The number of methoxy groups -OCH3 is 1. The molecule has 4 nitrogen and oxygen atoms in total. The van der Waals surface area contributed by atoms with Gasteiger partial charge in [-0.3, -0.25) is 4.79 Å². The van der Waals surface area contributed by atoms with Crippen molar-refractivity contribution < 1.29 is 15.3 Å². The van der Waals surface area contributed by atoms with E-state index >= 15 is 0 Å². The van der Waals surface area contributed by atoms with Gasteiger partial charge in [0.15, 0.2) is 6.04 Å². The van der Waals surface area contributed by atoms with E-state index in [1.807, 2.05) is 36.4 Å². The first-order chi connectivity index (χ1) is 10.0. The highest BCUT2D eigenvalue weighted by Gasteiger charge is 2.19. The highest BCUT2D eigenvalue weighted by atomic mass is 16.5. The maximum absolute atomic E-state index is 12.2. The number of benzene rings is 2. The van der Waals surface area contributed by atoms with Crippen LogP contribution in [0.5, 0.6) is 5.75 Å². The van der Waals surface area contributed by atoms with E-state index in [-0.39, 0.29) is 11.9 Å². The molecule has 0 heterocycles. The van der Waals surface area contributed by atoms with Gasteiger partial charge in [-0.25, -0.2) is 0 Å². The summed E-state index contributed by atoms with van der Waals surface area (Å²) in [5, 5.41) is 5.00. The molecule has 0 fully saturated rings. The van der Waals surface area contributed by atoms with Crippen molar-refractivity contribution in [1.29, 1.82) is 0 Å². The van der Waals surface area contributed by atoms with E-state index in [9.17, 15) is 4.79 Å². The summed E-state index contributed by atoms with van der Waals surface area (Å²) in [6, 6.07) is 11.5. The SMILES string of the molecule is COc1cc(NC(=O)[C@@H]([NH3+])CC(C)C)cc2ccccc12. The molecule has 4 N–H and O–H groups in total. The lowest BCUT2D eigenvalue weighted by Gasteiger charge is -2.13. The largest absolute Gasteiger partial charge is 0.496 e. The lowest BCUT2D eigenvalue weighted by atomic mass is 10.0. The second-order valence-corrected chi connectivity index (χ2v) is 5.72. The lowest BCUT2D eigenvalue weighted by Crippen LogP contribution is -2.66. The molecule has 0 bridgehead atoms. The molecule has 0 unspecified atom stereocenters. The van der Waals surface area contributed by atoms with Crippen LogP contribution in [0.15, 0.2) is 36.4 Å². The summed E-state index contributed by atoms with van der Waals surface area (Å²) < 4.78 is 5.41. The molecule has 2 aromatic rings. The van der Waals surface area contributed by atoms with Crippen molar-refractivity contribution in [2.24, 2.45) is 5.92 Å². The van der Waals surface area contributed by atoms with E-state index in [0.717, 1.165) is 28.6 Å². The molecule has 0 saturated carbocycles. The van der Waals surface area contributed by atoms with Crippen LogP contribution in [0.3, 0.4) is 0 Å². The maximum Gasteiger partial charge on any atom is 0.282 e. The van der Waals surface area contributed by atoms with Crippen LogP contribution in [0.4, 0.5) is 5.69 Å². The molecule has 0 aromatic heterocycles. The van der Waals surface area contributed by atoms with Crippen LogP contribution >= 0.6 is 0 Å².